The van der Waals surface area contributed by atoms with E-state index >= 15 is 0 Å². The van der Waals surface area contributed by atoms with Crippen LogP contribution in [0.3, 0.4) is 0 Å². The molecule has 0 aliphatic rings. The molecule has 0 heterocycles. The van der Waals surface area contributed by atoms with E-state index < -0.39 is 5.97 Å². The van der Waals surface area contributed by atoms with Gasteiger partial charge in [-0.2, -0.15) is 0 Å². The lowest BCUT2D eigenvalue weighted by molar-refractivity contribution is 0.0378. The highest BCUT2D eigenvalue weighted by molar-refractivity contribution is 6.04. The molecule has 0 bridgehead atoms. The number of methoxy groups -OCH3 is 2. The summed E-state index contributed by atoms with van der Waals surface area (Å²) < 4.78 is 15.5. The lowest BCUT2D eigenvalue weighted by Gasteiger charge is -2.11. The number of nitrogens with one attached hydrogen (secondary N) is 1. The van der Waals surface area contributed by atoms with E-state index in [-0.39, 0.29) is 12.0 Å². The van der Waals surface area contributed by atoms with Crippen LogP contribution in [0.4, 0.5) is 5.69 Å². The summed E-state index contributed by atoms with van der Waals surface area (Å²) in [5, 5.41) is 2.77. The standard InChI is InChI=1S/C19H21NO5/c1-12(2)25-19(22)13-5-8-15(9-6-13)20-18(21)14-7-10-16(23-3)17(11-14)24-4/h5-12H,1-4H3,(H,20,21). The van der Waals surface area contributed by atoms with E-state index in [9.17, 15) is 9.59 Å². The lowest BCUT2D eigenvalue weighted by Crippen LogP contribution is -2.13. The minimum absolute atomic E-state index is 0.183. The Bertz CT molecular complexity index is 753. The van der Waals surface area contributed by atoms with Crippen LogP contribution in [0, 0.1) is 0 Å². The monoisotopic (exact) mass is 343 g/mol. The van der Waals surface area contributed by atoms with E-state index in [0.29, 0.717) is 28.3 Å². The fourth-order valence-electron chi connectivity index (χ4n) is 2.15. The number of hydrogen-bond acceptors (Lipinski definition) is 5. The second kappa shape index (κ2) is 8.19. The summed E-state index contributed by atoms with van der Waals surface area (Å²) in [6.07, 6.45) is -0.183. The van der Waals surface area contributed by atoms with Crippen molar-refractivity contribution in [3.63, 3.8) is 0 Å². The number of carbonyl (C=O) groups is 2. The van der Waals surface area contributed by atoms with Crippen molar-refractivity contribution in [2.24, 2.45) is 0 Å². The number of anilines is 1. The number of carbonyl (C=O) groups excluding carboxylic acids is 2. The topological polar surface area (TPSA) is 73.9 Å². The molecule has 0 aromatic heterocycles. The summed E-state index contributed by atoms with van der Waals surface area (Å²) in [4.78, 5) is 24.2. The van der Waals surface area contributed by atoms with Crippen LogP contribution in [0.5, 0.6) is 11.5 Å². The summed E-state index contributed by atoms with van der Waals surface area (Å²) in [7, 11) is 3.04. The first-order valence-corrected chi connectivity index (χ1v) is 7.79. The molecule has 6 nitrogen and oxygen atoms in total. The fourth-order valence-corrected chi connectivity index (χ4v) is 2.15. The highest BCUT2D eigenvalue weighted by Crippen LogP contribution is 2.27. The molecule has 1 N–H and O–H groups in total. The van der Waals surface area contributed by atoms with Crippen molar-refractivity contribution >= 4 is 17.6 Å². The predicted octanol–water partition coefficient (Wildman–Crippen LogP) is 3.52. The molecule has 0 fully saturated rings. The van der Waals surface area contributed by atoms with E-state index in [4.69, 9.17) is 14.2 Å². The number of rotatable bonds is 6. The van der Waals surface area contributed by atoms with Crippen molar-refractivity contribution < 1.29 is 23.8 Å². The van der Waals surface area contributed by atoms with Crippen LogP contribution in [0.25, 0.3) is 0 Å². The van der Waals surface area contributed by atoms with Gasteiger partial charge in [0.2, 0.25) is 0 Å². The third-order valence-electron chi connectivity index (χ3n) is 3.37. The third-order valence-corrected chi connectivity index (χ3v) is 3.37. The summed E-state index contributed by atoms with van der Waals surface area (Å²) in [5.41, 5.74) is 1.43. The van der Waals surface area contributed by atoms with Crippen molar-refractivity contribution in [2.75, 3.05) is 19.5 Å². The number of esters is 1. The average molecular weight is 343 g/mol. The fraction of sp³-hybridized carbons (Fsp3) is 0.263. The van der Waals surface area contributed by atoms with Gasteiger partial charge in [-0.3, -0.25) is 4.79 Å². The van der Waals surface area contributed by atoms with E-state index in [1.807, 2.05) is 0 Å². The van der Waals surface area contributed by atoms with Crippen LogP contribution in [0.2, 0.25) is 0 Å². The molecule has 2 aromatic rings. The molecule has 0 saturated heterocycles. The first-order valence-electron chi connectivity index (χ1n) is 7.79. The lowest BCUT2D eigenvalue weighted by atomic mass is 10.1. The predicted molar refractivity (Wildman–Crippen MR) is 94.5 cm³/mol. The maximum atomic E-state index is 12.3. The molecule has 25 heavy (non-hydrogen) atoms. The molecule has 0 atom stereocenters. The maximum absolute atomic E-state index is 12.3. The molecule has 0 unspecified atom stereocenters. The van der Waals surface area contributed by atoms with Crippen LogP contribution >= 0.6 is 0 Å². The first kappa shape index (κ1) is 18.3. The molecule has 132 valence electrons. The van der Waals surface area contributed by atoms with Gasteiger partial charge in [-0.25, -0.2) is 4.79 Å². The molecule has 2 rings (SSSR count). The van der Waals surface area contributed by atoms with Crippen LogP contribution in [0.1, 0.15) is 34.6 Å². The second-order valence-electron chi connectivity index (χ2n) is 5.56. The zero-order valence-electron chi connectivity index (χ0n) is 14.7. The van der Waals surface area contributed by atoms with Gasteiger partial charge in [-0.1, -0.05) is 0 Å². The molecular weight excluding hydrogens is 322 g/mol. The maximum Gasteiger partial charge on any atom is 0.338 e. The smallest absolute Gasteiger partial charge is 0.338 e. The molecule has 0 aliphatic heterocycles. The van der Waals surface area contributed by atoms with Crippen molar-refractivity contribution in [3.05, 3.63) is 53.6 Å². The van der Waals surface area contributed by atoms with Gasteiger partial charge >= 0.3 is 5.97 Å². The van der Waals surface area contributed by atoms with Crippen LogP contribution in [-0.4, -0.2) is 32.2 Å². The molecule has 2 aromatic carbocycles. The Kier molecular flexibility index (Phi) is 6.00. The number of hydrogen-bond donors (Lipinski definition) is 1. The van der Waals surface area contributed by atoms with Gasteiger partial charge in [0.15, 0.2) is 11.5 Å². The largest absolute Gasteiger partial charge is 0.493 e. The molecule has 0 radical (unpaired) electrons. The van der Waals surface area contributed by atoms with Gasteiger partial charge in [0.05, 0.1) is 25.9 Å². The van der Waals surface area contributed by atoms with Crippen LogP contribution in [-0.2, 0) is 4.74 Å². The zero-order chi connectivity index (χ0) is 18.4. The summed E-state index contributed by atoms with van der Waals surface area (Å²) in [6.45, 7) is 3.57. The van der Waals surface area contributed by atoms with Crippen molar-refractivity contribution in [1.82, 2.24) is 0 Å². The van der Waals surface area contributed by atoms with Crippen LogP contribution < -0.4 is 14.8 Å². The first-order chi connectivity index (χ1) is 11.9. The SMILES string of the molecule is COc1ccc(C(=O)Nc2ccc(C(=O)OC(C)C)cc2)cc1OC. The molecule has 0 spiro atoms. The van der Waals surface area contributed by atoms with E-state index in [1.54, 1.807) is 56.3 Å². The highest BCUT2D eigenvalue weighted by atomic mass is 16.5. The molecule has 1 amide bonds. The summed E-state index contributed by atoms with van der Waals surface area (Å²) >= 11 is 0. The molecule has 6 heteroatoms. The second-order valence-corrected chi connectivity index (χ2v) is 5.56. The van der Waals surface area contributed by atoms with Gasteiger partial charge in [-0.05, 0) is 56.3 Å². The van der Waals surface area contributed by atoms with Crippen LogP contribution in [0.15, 0.2) is 42.5 Å². The van der Waals surface area contributed by atoms with Gasteiger partial charge in [0.25, 0.3) is 5.91 Å². The minimum atomic E-state index is -0.396. The van der Waals surface area contributed by atoms with E-state index in [0.717, 1.165) is 0 Å². The number of ether oxygens (including phenoxy) is 3. The number of amides is 1. The summed E-state index contributed by atoms with van der Waals surface area (Å²) in [6, 6.07) is 11.4. The van der Waals surface area contributed by atoms with Gasteiger partial charge in [0, 0.05) is 11.3 Å². The number of benzene rings is 2. The highest BCUT2D eigenvalue weighted by Gasteiger charge is 2.12. The van der Waals surface area contributed by atoms with Gasteiger partial charge in [0.1, 0.15) is 0 Å². The zero-order valence-corrected chi connectivity index (χ0v) is 14.7. The molecule has 0 saturated carbocycles. The Morgan fingerprint density at radius 2 is 1.48 bits per heavy atom. The normalized spacial score (nSPS) is 10.3. The van der Waals surface area contributed by atoms with Crippen molar-refractivity contribution in [2.45, 2.75) is 20.0 Å². The molecular formula is C19H21NO5. The van der Waals surface area contributed by atoms with Gasteiger partial charge in [-0.15, -0.1) is 0 Å². The van der Waals surface area contributed by atoms with Crippen molar-refractivity contribution in [1.29, 1.82) is 0 Å². The van der Waals surface area contributed by atoms with Crippen molar-refractivity contribution in [3.8, 4) is 11.5 Å². The quantitative estimate of drug-likeness (QED) is 0.812. The van der Waals surface area contributed by atoms with E-state index in [1.165, 1.54) is 14.2 Å². The average Bonchev–Trinajstić information content (AvgIpc) is 2.61. The molecule has 0 aliphatic carbocycles. The summed E-state index contributed by atoms with van der Waals surface area (Å²) in [5.74, 6) is 0.334. The third kappa shape index (κ3) is 4.73. The Hall–Kier alpha value is -3.02. The van der Waals surface area contributed by atoms with Gasteiger partial charge < -0.3 is 19.5 Å². The Morgan fingerprint density at radius 3 is 2.04 bits per heavy atom. The Balaban J connectivity index is 2.09. The Morgan fingerprint density at radius 1 is 0.880 bits per heavy atom. The Labute approximate surface area is 146 Å². The van der Waals surface area contributed by atoms with E-state index in [2.05, 4.69) is 5.32 Å². The minimum Gasteiger partial charge on any atom is -0.493 e.